The highest BCUT2D eigenvalue weighted by molar-refractivity contribution is 7.99. The number of carbonyl (C=O) groups excluding carboxylic acids is 1. The van der Waals surface area contributed by atoms with Gasteiger partial charge in [-0.2, -0.15) is 0 Å². The van der Waals surface area contributed by atoms with Gasteiger partial charge in [-0.1, -0.05) is 66.4 Å². The number of amides is 1. The van der Waals surface area contributed by atoms with Gasteiger partial charge in [0.05, 0.1) is 21.9 Å². The third kappa shape index (κ3) is 4.52. The fourth-order valence-electron chi connectivity index (χ4n) is 3.22. The minimum Gasteiger partial charge on any atom is -0.325 e. The number of hydrogen-bond donors (Lipinski definition) is 1. The summed E-state index contributed by atoms with van der Waals surface area (Å²) in [6, 6.07) is 24.0. The van der Waals surface area contributed by atoms with Crippen LogP contribution >= 0.6 is 11.8 Å². The Balaban J connectivity index is 1.56. The second kappa shape index (κ2) is 9.44. The van der Waals surface area contributed by atoms with E-state index in [4.69, 9.17) is 0 Å². The van der Waals surface area contributed by atoms with Crippen molar-refractivity contribution in [3.05, 3.63) is 94.5 Å². The lowest BCUT2D eigenvalue weighted by molar-refractivity contribution is -0.385. The number of aromatic nitrogens is 3. The van der Waals surface area contributed by atoms with Crippen molar-refractivity contribution in [2.45, 2.75) is 12.1 Å². The first-order valence-electron chi connectivity index (χ1n) is 9.77. The van der Waals surface area contributed by atoms with E-state index < -0.39 is 4.92 Å². The van der Waals surface area contributed by atoms with Gasteiger partial charge in [0.1, 0.15) is 0 Å². The molecule has 0 saturated carbocycles. The first kappa shape index (κ1) is 21.3. The largest absolute Gasteiger partial charge is 0.325 e. The number of nitrogens with zero attached hydrogens (tertiary/aromatic N) is 4. The zero-order valence-corrected chi connectivity index (χ0v) is 18.0. The molecular weight excluding hydrogens is 426 g/mol. The van der Waals surface area contributed by atoms with Crippen molar-refractivity contribution in [1.29, 1.82) is 0 Å². The fourth-order valence-corrected chi connectivity index (χ4v) is 3.97. The lowest BCUT2D eigenvalue weighted by atomic mass is 10.1. The molecule has 0 saturated heterocycles. The van der Waals surface area contributed by atoms with E-state index in [1.165, 1.54) is 17.8 Å². The Bertz CT molecular complexity index is 1260. The van der Waals surface area contributed by atoms with Gasteiger partial charge in [0.2, 0.25) is 5.91 Å². The second-order valence-electron chi connectivity index (χ2n) is 6.89. The summed E-state index contributed by atoms with van der Waals surface area (Å²) in [6.07, 6.45) is 0. The van der Waals surface area contributed by atoms with Gasteiger partial charge in [0, 0.05) is 17.3 Å². The lowest BCUT2D eigenvalue weighted by Crippen LogP contribution is -2.15. The molecule has 1 amide bonds. The molecule has 160 valence electrons. The molecule has 0 radical (unpaired) electrons. The number of carbonyl (C=O) groups is 1. The molecule has 0 atom stereocenters. The average molecular weight is 446 g/mol. The highest BCUT2D eigenvalue weighted by Crippen LogP contribution is 2.29. The van der Waals surface area contributed by atoms with E-state index in [0.717, 1.165) is 11.3 Å². The molecular formula is C23H19N5O3S. The summed E-state index contributed by atoms with van der Waals surface area (Å²) in [4.78, 5) is 23.3. The Morgan fingerprint density at radius 1 is 1.00 bits per heavy atom. The quantitative estimate of drug-likeness (QED) is 0.247. The molecule has 1 aromatic heterocycles. The minimum atomic E-state index is -0.465. The molecule has 8 nitrogen and oxygen atoms in total. The van der Waals surface area contributed by atoms with Crippen LogP contribution in [0.2, 0.25) is 0 Å². The van der Waals surface area contributed by atoms with E-state index in [1.807, 2.05) is 65.2 Å². The molecule has 0 aliphatic carbocycles. The van der Waals surface area contributed by atoms with Gasteiger partial charge in [-0.05, 0) is 25.1 Å². The summed E-state index contributed by atoms with van der Waals surface area (Å²) in [6.45, 7) is 1.61. The van der Waals surface area contributed by atoms with E-state index in [0.29, 0.717) is 22.2 Å². The maximum absolute atomic E-state index is 12.6. The van der Waals surface area contributed by atoms with Crippen LogP contribution in [-0.4, -0.2) is 31.3 Å². The highest BCUT2D eigenvalue weighted by atomic mass is 32.2. The third-order valence-corrected chi connectivity index (χ3v) is 5.72. The van der Waals surface area contributed by atoms with Crippen molar-refractivity contribution < 1.29 is 9.72 Å². The third-order valence-electron chi connectivity index (χ3n) is 4.79. The molecule has 0 aliphatic rings. The molecule has 0 fully saturated rings. The summed E-state index contributed by atoms with van der Waals surface area (Å²) in [5.41, 5.74) is 2.59. The molecule has 4 aromatic rings. The van der Waals surface area contributed by atoms with Crippen LogP contribution in [0.4, 0.5) is 11.4 Å². The number of hydrogen-bond acceptors (Lipinski definition) is 6. The van der Waals surface area contributed by atoms with Crippen molar-refractivity contribution in [2.24, 2.45) is 0 Å². The van der Waals surface area contributed by atoms with Crippen molar-refractivity contribution in [3.8, 4) is 17.1 Å². The maximum Gasteiger partial charge on any atom is 0.274 e. The van der Waals surface area contributed by atoms with Gasteiger partial charge in [-0.3, -0.25) is 19.5 Å². The molecule has 0 bridgehead atoms. The number of benzene rings is 3. The molecule has 0 unspecified atom stereocenters. The lowest BCUT2D eigenvalue weighted by Gasteiger charge is -2.11. The zero-order chi connectivity index (χ0) is 22.5. The summed E-state index contributed by atoms with van der Waals surface area (Å²) in [5, 5.41) is 23.1. The monoisotopic (exact) mass is 445 g/mol. The summed E-state index contributed by atoms with van der Waals surface area (Å²) < 4.78 is 1.91. The van der Waals surface area contributed by atoms with E-state index in [2.05, 4.69) is 15.5 Å². The number of para-hydroxylation sites is 1. The van der Waals surface area contributed by atoms with Crippen LogP contribution in [-0.2, 0) is 4.79 Å². The van der Waals surface area contributed by atoms with E-state index >= 15 is 0 Å². The second-order valence-corrected chi connectivity index (χ2v) is 7.83. The average Bonchev–Trinajstić information content (AvgIpc) is 3.24. The first-order chi connectivity index (χ1) is 15.5. The molecule has 32 heavy (non-hydrogen) atoms. The molecule has 1 N–H and O–H groups in total. The number of anilines is 1. The predicted octanol–water partition coefficient (Wildman–Crippen LogP) is 4.88. The van der Waals surface area contributed by atoms with Crippen LogP contribution < -0.4 is 5.32 Å². The smallest absolute Gasteiger partial charge is 0.274 e. The van der Waals surface area contributed by atoms with Gasteiger partial charge >= 0.3 is 0 Å². The Kier molecular flexibility index (Phi) is 6.27. The van der Waals surface area contributed by atoms with Gasteiger partial charge in [-0.15, -0.1) is 10.2 Å². The summed E-state index contributed by atoms with van der Waals surface area (Å²) in [5.74, 6) is 0.457. The van der Waals surface area contributed by atoms with Gasteiger partial charge in [-0.25, -0.2) is 0 Å². The van der Waals surface area contributed by atoms with Crippen molar-refractivity contribution >= 4 is 29.0 Å². The first-order valence-corrected chi connectivity index (χ1v) is 10.8. The number of rotatable bonds is 7. The summed E-state index contributed by atoms with van der Waals surface area (Å²) in [7, 11) is 0. The highest BCUT2D eigenvalue weighted by Gasteiger charge is 2.18. The van der Waals surface area contributed by atoms with E-state index in [9.17, 15) is 14.9 Å². The Hall–Kier alpha value is -3.98. The Labute approximate surface area is 188 Å². The zero-order valence-electron chi connectivity index (χ0n) is 17.1. The van der Waals surface area contributed by atoms with Crippen molar-refractivity contribution in [2.75, 3.05) is 11.1 Å². The summed E-state index contributed by atoms with van der Waals surface area (Å²) >= 11 is 1.24. The van der Waals surface area contributed by atoms with Gasteiger partial charge in [0.15, 0.2) is 11.0 Å². The molecule has 9 heteroatoms. The van der Waals surface area contributed by atoms with Crippen molar-refractivity contribution in [3.63, 3.8) is 0 Å². The predicted molar refractivity (Wildman–Crippen MR) is 124 cm³/mol. The van der Waals surface area contributed by atoms with Crippen LogP contribution in [0.15, 0.2) is 84.0 Å². The van der Waals surface area contributed by atoms with E-state index in [-0.39, 0.29) is 17.3 Å². The van der Waals surface area contributed by atoms with Gasteiger partial charge < -0.3 is 5.32 Å². The fraction of sp³-hybridized carbons (Fsp3) is 0.0870. The normalized spacial score (nSPS) is 10.7. The number of nitro benzene ring substituents is 1. The SMILES string of the molecule is Cc1c(NC(=O)CSc2nnc(-c3ccccc3)n2-c2ccccc2)cccc1[N+](=O)[O-]. The topological polar surface area (TPSA) is 103 Å². The number of nitro groups is 1. The minimum absolute atomic E-state index is 0.0354. The van der Waals surface area contributed by atoms with Crippen LogP contribution in [0.1, 0.15) is 5.56 Å². The van der Waals surface area contributed by atoms with Crippen LogP contribution in [0, 0.1) is 17.0 Å². The van der Waals surface area contributed by atoms with Crippen LogP contribution in [0.25, 0.3) is 17.1 Å². The van der Waals surface area contributed by atoms with Crippen LogP contribution in [0.3, 0.4) is 0 Å². The molecule has 1 heterocycles. The molecule has 4 rings (SSSR count). The molecule has 0 spiro atoms. The maximum atomic E-state index is 12.6. The standard InChI is InChI=1S/C23H19N5O3S/c1-16-19(13-8-14-20(16)28(30)31)24-21(29)15-32-23-26-25-22(17-9-4-2-5-10-17)27(23)18-11-6-3-7-12-18/h2-14H,15H2,1H3,(H,24,29). The number of thioether (sulfide) groups is 1. The van der Waals surface area contributed by atoms with Gasteiger partial charge in [0.25, 0.3) is 5.69 Å². The van der Waals surface area contributed by atoms with Crippen LogP contribution in [0.5, 0.6) is 0 Å². The van der Waals surface area contributed by atoms with Crippen molar-refractivity contribution in [1.82, 2.24) is 14.8 Å². The molecule has 0 aliphatic heterocycles. The Morgan fingerprint density at radius 3 is 2.38 bits per heavy atom. The van der Waals surface area contributed by atoms with E-state index in [1.54, 1.807) is 19.1 Å². The number of nitrogens with one attached hydrogen (secondary N) is 1. The molecule has 3 aromatic carbocycles. The Morgan fingerprint density at radius 2 is 1.69 bits per heavy atom.